The van der Waals surface area contributed by atoms with Gasteiger partial charge in [-0.05, 0) is 44.9 Å². The number of amides is 1. The maximum absolute atomic E-state index is 13.1. The van der Waals surface area contributed by atoms with Crippen LogP contribution in [0.3, 0.4) is 0 Å². The number of aryl methyl sites for hydroxylation is 2. The number of nitrogens with zero attached hydrogens (tertiary/aromatic N) is 5. The zero-order valence-electron chi connectivity index (χ0n) is 15.5. The lowest BCUT2D eigenvalue weighted by Crippen LogP contribution is -2.37. The summed E-state index contributed by atoms with van der Waals surface area (Å²) in [6, 6.07) is 0.405. The average Bonchev–Trinajstić information content (AvgIpc) is 3.39. The molecule has 2 aromatic rings. The lowest BCUT2D eigenvalue weighted by Gasteiger charge is -2.26. The summed E-state index contributed by atoms with van der Waals surface area (Å²) in [5.41, 5.74) is 5.14. The molecule has 1 amide bonds. The van der Waals surface area contributed by atoms with Gasteiger partial charge in [-0.25, -0.2) is 9.97 Å². The van der Waals surface area contributed by atoms with Crippen LogP contribution in [0.25, 0.3) is 0 Å². The minimum Gasteiger partial charge on any atom is -0.340 e. The number of rotatable bonds is 2. The Balaban J connectivity index is 1.28. The fraction of sp³-hybridized carbons (Fsp3) is 0.650. The van der Waals surface area contributed by atoms with E-state index in [9.17, 15) is 4.79 Å². The lowest BCUT2D eigenvalue weighted by atomic mass is 9.88. The van der Waals surface area contributed by atoms with Gasteiger partial charge in [0.1, 0.15) is 0 Å². The molecule has 2 aliphatic carbocycles. The summed E-state index contributed by atoms with van der Waals surface area (Å²) in [6.45, 7) is 1.72. The third kappa shape index (κ3) is 2.58. The Morgan fingerprint density at radius 3 is 2.81 bits per heavy atom. The van der Waals surface area contributed by atoms with Crippen molar-refractivity contribution in [2.24, 2.45) is 13.0 Å². The number of likely N-dealkylation sites (tertiary alicyclic amines) is 1. The van der Waals surface area contributed by atoms with Gasteiger partial charge in [0.2, 0.25) is 5.91 Å². The average molecular weight is 353 g/mol. The van der Waals surface area contributed by atoms with Crippen molar-refractivity contribution >= 4 is 5.91 Å². The molecule has 138 valence electrons. The number of hydrogen-bond donors (Lipinski definition) is 0. The molecule has 3 heterocycles. The Morgan fingerprint density at radius 2 is 1.88 bits per heavy atom. The second kappa shape index (κ2) is 6.25. The van der Waals surface area contributed by atoms with E-state index in [1.807, 2.05) is 19.7 Å². The molecular weight excluding hydrogens is 326 g/mol. The number of carbonyl (C=O) groups is 1. The molecule has 1 saturated heterocycles. The summed E-state index contributed by atoms with van der Waals surface area (Å²) in [4.78, 5) is 24.3. The van der Waals surface area contributed by atoms with Crippen LogP contribution >= 0.6 is 0 Å². The third-order valence-electron chi connectivity index (χ3n) is 6.59. The van der Waals surface area contributed by atoms with Gasteiger partial charge >= 0.3 is 0 Å². The summed E-state index contributed by atoms with van der Waals surface area (Å²) in [7, 11) is 2.05. The van der Waals surface area contributed by atoms with Crippen LogP contribution < -0.4 is 0 Å². The number of aromatic nitrogens is 4. The van der Waals surface area contributed by atoms with Gasteiger partial charge in [-0.2, -0.15) is 0 Å². The van der Waals surface area contributed by atoms with Gasteiger partial charge in [0.25, 0.3) is 0 Å². The number of carbonyl (C=O) groups excluding carboxylic acids is 1. The molecule has 2 atom stereocenters. The van der Waals surface area contributed by atoms with Crippen molar-refractivity contribution in [2.45, 2.75) is 57.4 Å². The summed E-state index contributed by atoms with van der Waals surface area (Å²) >= 11 is 0. The highest BCUT2D eigenvalue weighted by molar-refractivity contribution is 5.79. The fourth-order valence-corrected chi connectivity index (χ4v) is 5.09. The predicted molar refractivity (Wildman–Crippen MR) is 97.8 cm³/mol. The summed E-state index contributed by atoms with van der Waals surface area (Å²) < 4.78 is 4.48. The molecule has 26 heavy (non-hydrogen) atoms. The smallest absolute Gasteiger partial charge is 0.226 e. The van der Waals surface area contributed by atoms with Crippen LogP contribution in [0.15, 0.2) is 12.7 Å². The molecule has 0 saturated carbocycles. The normalized spacial score (nSPS) is 25.2. The first-order valence-electron chi connectivity index (χ1n) is 10.0. The number of hydrogen-bond acceptors (Lipinski definition) is 3. The van der Waals surface area contributed by atoms with E-state index in [-0.39, 0.29) is 5.92 Å². The Morgan fingerprint density at radius 1 is 1.04 bits per heavy atom. The minimum atomic E-state index is 0.104. The van der Waals surface area contributed by atoms with Crippen LogP contribution in [0.1, 0.15) is 54.5 Å². The van der Waals surface area contributed by atoms with Crippen LogP contribution in [0, 0.1) is 5.92 Å². The second-order valence-corrected chi connectivity index (χ2v) is 8.17. The maximum atomic E-state index is 13.1. The molecule has 0 aromatic carbocycles. The summed E-state index contributed by atoms with van der Waals surface area (Å²) in [5.74, 6) is 0.436. The van der Waals surface area contributed by atoms with Gasteiger partial charge in [-0.15, -0.1) is 0 Å². The molecule has 0 radical (unpaired) electrons. The highest BCUT2D eigenvalue weighted by Gasteiger charge is 2.35. The lowest BCUT2D eigenvalue weighted by molar-refractivity contribution is -0.135. The van der Waals surface area contributed by atoms with Gasteiger partial charge in [-0.1, -0.05) is 0 Å². The van der Waals surface area contributed by atoms with E-state index >= 15 is 0 Å². The Kier molecular flexibility index (Phi) is 3.87. The predicted octanol–water partition coefficient (Wildman–Crippen LogP) is 2.07. The van der Waals surface area contributed by atoms with Gasteiger partial charge < -0.3 is 14.0 Å². The molecule has 1 aliphatic heterocycles. The largest absolute Gasteiger partial charge is 0.340 e. The zero-order chi connectivity index (χ0) is 17.7. The summed E-state index contributed by atoms with van der Waals surface area (Å²) in [5, 5.41) is 0. The van der Waals surface area contributed by atoms with Gasteiger partial charge in [0.05, 0.1) is 30.1 Å². The molecule has 0 bridgehead atoms. The van der Waals surface area contributed by atoms with E-state index < -0.39 is 0 Å². The maximum Gasteiger partial charge on any atom is 0.226 e. The molecule has 3 aliphatic rings. The highest BCUT2D eigenvalue weighted by atomic mass is 16.2. The first kappa shape index (κ1) is 16.1. The molecule has 1 fully saturated rings. The zero-order valence-corrected chi connectivity index (χ0v) is 15.5. The van der Waals surface area contributed by atoms with E-state index in [1.165, 1.54) is 29.9 Å². The second-order valence-electron chi connectivity index (χ2n) is 8.17. The molecule has 6 heteroatoms. The Hall–Kier alpha value is -2.11. The first-order valence-corrected chi connectivity index (χ1v) is 10.0. The quantitative estimate of drug-likeness (QED) is 0.831. The third-order valence-corrected chi connectivity index (χ3v) is 6.59. The van der Waals surface area contributed by atoms with E-state index in [1.54, 1.807) is 0 Å². The van der Waals surface area contributed by atoms with Crippen LogP contribution in [0.4, 0.5) is 0 Å². The van der Waals surface area contributed by atoms with Crippen LogP contribution in [0.5, 0.6) is 0 Å². The topological polar surface area (TPSA) is 56.0 Å². The van der Waals surface area contributed by atoms with E-state index in [0.29, 0.717) is 11.9 Å². The van der Waals surface area contributed by atoms with Crippen molar-refractivity contribution in [1.82, 2.24) is 24.0 Å². The van der Waals surface area contributed by atoms with Crippen molar-refractivity contribution in [3.63, 3.8) is 0 Å². The van der Waals surface area contributed by atoms with Crippen LogP contribution in [-0.4, -0.2) is 43.0 Å². The SMILES string of the molecule is Cn1cnc2c1CCC(C(=O)N1CCC(n3cnc4c3CCCC4)C1)C2. The molecule has 5 rings (SSSR count). The Bertz CT molecular complexity index is 835. The van der Waals surface area contributed by atoms with E-state index in [0.717, 1.165) is 57.3 Å². The van der Waals surface area contributed by atoms with Crippen molar-refractivity contribution in [3.8, 4) is 0 Å². The molecular formula is C20H27N5O. The van der Waals surface area contributed by atoms with Crippen molar-refractivity contribution in [3.05, 3.63) is 35.4 Å². The Labute approximate surface area is 154 Å². The number of fused-ring (bicyclic) bond motifs is 2. The van der Waals surface area contributed by atoms with Gasteiger partial charge in [-0.3, -0.25) is 4.79 Å². The highest BCUT2D eigenvalue weighted by Crippen LogP contribution is 2.31. The standard InChI is InChI=1S/C20H27N5O/c1-23-12-21-17-10-14(6-7-18(17)23)20(26)24-9-8-15(11-24)25-13-22-16-4-2-3-5-19(16)25/h12-15H,2-11H2,1H3. The van der Waals surface area contributed by atoms with Crippen LogP contribution in [-0.2, 0) is 37.5 Å². The minimum absolute atomic E-state index is 0.104. The van der Waals surface area contributed by atoms with Crippen molar-refractivity contribution in [2.75, 3.05) is 13.1 Å². The van der Waals surface area contributed by atoms with Crippen LogP contribution in [0.2, 0.25) is 0 Å². The molecule has 2 aromatic heterocycles. The molecule has 0 N–H and O–H groups in total. The van der Waals surface area contributed by atoms with Crippen molar-refractivity contribution in [1.29, 1.82) is 0 Å². The number of imidazole rings is 2. The van der Waals surface area contributed by atoms with E-state index in [2.05, 4.69) is 24.0 Å². The molecule has 6 nitrogen and oxygen atoms in total. The monoisotopic (exact) mass is 353 g/mol. The molecule has 2 unspecified atom stereocenters. The van der Waals surface area contributed by atoms with Crippen molar-refractivity contribution < 1.29 is 4.79 Å². The van der Waals surface area contributed by atoms with Gasteiger partial charge in [0.15, 0.2) is 0 Å². The first-order chi connectivity index (χ1) is 12.7. The van der Waals surface area contributed by atoms with Gasteiger partial charge in [0, 0.05) is 43.9 Å². The van der Waals surface area contributed by atoms with E-state index in [4.69, 9.17) is 0 Å². The summed E-state index contributed by atoms with van der Waals surface area (Å²) in [6.07, 6.45) is 12.5. The molecule has 0 spiro atoms. The fourth-order valence-electron chi connectivity index (χ4n) is 5.09.